The summed E-state index contributed by atoms with van der Waals surface area (Å²) in [5, 5.41) is 7.89. The van der Waals surface area contributed by atoms with Crippen molar-refractivity contribution in [2.24, 2.45) is 4.99 Å². The molecule has 154 valence electrons. The Kier molecular flexibility index (Phi) is 6.25. The lowest BCUT2D eigenvalue weighted by Crippen LogP contribution is -2.22. The van der Waals surface area contributed by atoms with Crippen LogP contribution in [0.25, 0.3) is 10.4 Å². The number of aromatic nitrogens is 1. The van der Waals surface area contributed by atoms with Crippen LogP contribution in [0.3, 0.4) is 0 Å². The maximum Gasteiger partial charge on any atom is 0.142 e. The molecule has 4 nitrogen and oxygen atoms in total. The highest BCUT2D eigenvalue weighted by atomic mass is 32.1. The molecule has 4 rings (SSSR count). The van der Waals surface area contributed by atoms with Gasteiger partial charge in [0.15, 0.2) is 0 Å². The Bertz CT molecular complexity index is 1080. The van der Waals surface area contributed by atoms with Gasteiger partial charge in [-0.25, -0.2) is 4.98 Å². The largest absolute Gasteiger partial charge is 0.357 e. The first-order valence-corrected chi connectivity index (χ1v) is 11.4. The van der Waals surface area contributed by atoms with Gasteiger partial charge in [0, 0.05) is 29.7 Å². The molecule has 1 aromatic heterocycles. The van der Waals surface area contributed by atoms with Crippen molar-refractivity contribution in [3.8, 4) is 10.4 Å². The summed E-state index contributed by atoms with van der Waals surface area (Å²) in [4.78, 5) is 10.4. The van der Waals surface area contributed by atoms with Crippen molar-refractivity contribution < 1.29 is 0 Å². The Balaban J connectivity index is 1.54. The van der Waals surface area contributed by atoms with E-state index < -0.39 is 0 Å². The van der Waals surface area contributed by atoms with Gasteiger partial charge in [-0.2, -0.15) is 0 Å². The number of allylic oxidation sites excluding steroid dienone is 1. The van der Waals surface area contributed by atoms with E-state index in [0.717, 1.165) is 28.5 Å². The summed E-state index contributed by atoms with van der Waals surface area (Å²) in [6, 6.07) is 16.8. The van der Waals surface area contributed by atoms with E-state index in [2.05, 4.69) is 97.6 Å². The van der Waals surface area contributed by atoms with Crippen LogP contribution in [-0.4, -0.2) is 16.7 Å². The minimum atomic E-state index is -0.203. The Morgan fingerprint density at radius 2 is 1.80 bits per heavy atom. The van der Waals surface area contributed by atoms with Crippen LogP contribution in [0.1, 0.15) is 35.5 Å². The minimum absolute atomic E-state index is 0.203. The van der Waals surface area contributed by atoms with E-state index in [4.69, 9.17) is 4.98 Å². The molecule has 0 bridgehead atoms. The molecule has 2 atom stereocenters. The summed E-state index contributed by atoms with van der Waals surface area (Å²) in [7, 11) is 0. The molecule has 3 aromatic rings. The monoisotopic (exact) mass is 434 g/mol. The van der Waals surface area contributed by atoms with E-state index >= 15 is 0 Å². The SMILES string of the molecule is CC1=CN=CCC1c1nc(C)sc1-c1cccc(NC(S)Nc2ccc(C)cc2)c1. The zero-order chi connectivity index (χ0) is 21.1. The lowest BCUT2D eigenvalue weighted by molar-refractivity contribution is 0.796. The first-order chi connectivity index (χ1) is 14.5. The van der Waals surface area contributed by atoms with Gasteiger partial charge >= 0.3 is 0 Å². The van der Waals surface area contributed by atoms with Crippen LogP contribution in [-0.2, 0) is 0 Å². The number of hydrogen-bond donors (Lipinski definition) is 3. The molecule has 0 saturated heterocycles. The number of benzene rings is 2. The molecule has 30 heavy (non-hydrogen) atoms. The molecule has 2 aromatic carbocycles. The fraction of sp³-hybridized carbons (Fsp3) is 0.250. The molecule has 0 spiro atoms. The molecular formula is C24H26N4S2. The van der Waals surface area contributed by atoms with Crippen LogP contribution in [0.4, 0.5) is 11.4 Å². The molecule has 2 unspecified atom stereocenters. The number of rotatable bonds is 6. The Morgan fingerprint density at radius 3 is 2.57 bits per heavy atom. The van der Waals surface area contributed by atoms with Gasteiger partial charge in [0.1, 0.15) is 5.50 Å². The Labute approximate surface area is 187 Å². The molecule has 6 heteroatoms. The van der Waals surface area contributed by atoms with Crippen LogP contribution in [0, 0.1) is 13.8 Å². The van der Waals surface area contributed by atoms with Crippen molar-refractivity contribution in [2.75, 3.05) is 10.6 Å². The van der Waals surface area contributed by atoms with Gasteiger partial charge in [0.05, 0.1) is 15.6 Å². The molecule has 0 radical (unpaired) electrons. The molecule has 0 aliphatic carbocycles. The van der Waals surface area contributed by atoms with E-state index in [1.54, 1.807) is 11.3 Å². The highest BCUT2D eigenvalue weighted by Crippen LogP contribution is 2.40. The van der Waals surface area contributed by atoms with E-state index in [1.807, 2.05) is 12.4 Å². The van der Waals surface area contributed by atoms with Gasteiger partial charge in [0.2, 0.25) is 0 Å². The maximum atomic E-state index is 4.88. The van der Waals surface area contributed by atoms with Gasteiger partial charge in [-0.15, -0.1) is 24.0 Å². The third-order valence-corrected chi connectivity index (χ3v) is 6.44. The van der Waals surface area contributed by atoms with Crippen LogP contribution in [0.15, 0.2) is 65.3 Å². The third-order valence-electron chi connectivity index (χ3n) is 5.15. The summed E-state index contributed by atoms with van der Waals surface area (Å²) >= 11 is 6.42. The number of aliphatic imine (C=N–C) groups is 1. The first-order valence-electron chi connectivity index (χ1n) is 10.0. The second kappa shape index (κ2) is 9.06. The van der Waals surface area contributed by atoms with E-state index in [1.165, 1.54) is 21.6 Å². The third kappa shape index (κ3) is 4.77. The Morgan fingerprint density at radius 1 is 1.03 bits per heavy atom. The number of hydrogen-bond acceptors (Lipinski definition) is 6. The predicted molar refractivity (Wildman–Crippen MR) is 133 cm³/mol. The Hall–Kier alpha value is -2.57. The van der Waals surface area contributed by atoms with Crippen LogP contribution < -0.4 is 10.6 Å². The number of nitrogens with one attached hydrogen (secondary N) is 2. The summed E-state index contributed by atoms with van der Waals surface area (Å²) < 4.78 is 0. The fourth-order valence-electron chi connectivity index (χ4n) is 3.58. The number of thiazole rings is 1. The summed E-state index contributed by atoms with van der Waals surface area (Å²) in [5.74, 6) is 0.292. The molecule has 0 saturated carbocycles. The molecule has 2 N–H and O–H groups in total. The number of aryl methyl sites for hydroxylation is 2. The average Bonchev–Trinajstić information content (AvgIpc) is 3.12. The zero-order valence-corrected chi connectivity index (χ0v) is 19.1. The second-order valence-corrected chi connectivity index (χ2v) is 9.30. The van der Waals surface area contributed by atoms with Gasteiger partial charge < -0.3 is 10.6 Å². The van der Waals surface area contributed by atoms with Crippen molar-refractivity contribution in [3.05, 3.63) is 76.6 Å². The van der Waals surface area contributed by atoms with Crippen LogP contribution in [0.5, 0.6) is 0 Å². The maximum absolute atomic E-state index is 4.88. The number of nitrogens with zero attached hydrogens (tertiary/aromatic N) is 2. The normalized spacial score (nSPS) is 16.8. The predicted octanol–water partition coefficient (Wildman–Crippen LogP) is 6.63. The highest BCUT2D eigenvalue weighted by molar-refractivity contribution is 7.81. The summed E-state index contributed by atoms with van der Waals surface area (Å²) in [5.41, 5.74) is 6.66. The van der Waals surface area contributed by atoms with E-state index in [9.17, 15) is 0 Å². The quantitative estimate of drug-likeness (QED) is 0.302. The van der Waals surface area contributed by atoms with Crippen LogP contribution >= 0.6 is 24.0 Å². The molecule has 0 fully saturated rings. The first kappa shape index (κ1) is 20.7. The van der Waals surface area contributed by atoms with Crippen molar-refractivity contribution in [1.29, 1.82) is 0 Å². The van der Waals surface area contributed by atoms with Crippen LogP contribution in [0.2, 0.25) is 0 Å². The average molecular weight is 435 g/mol. The van der Waals surface area contributed by atoms with Gasteiger partial charge in [-0.3, -0.25) is 4.99 Å². The summed E-state index contributed by atoms with van der Waals surface area (Å²) in [6.07, 6.45) is 4.83. The number of anilines is 2. The molecule has 1 aliphatic rings. The molecular weight excluding hydrogens is 408 g/mol. The summed E-state index contributed by atoms with van der Waals surface area (Å²) in [6.45, 7) is 6.29. The van der Waals surface area contributed by atoms with E-state index in [-0.39, 0.29) is 5.50 Å². The van der Waals surface area contributed by atoms with Gasteiger partial charge in [0.25, 0.3) is 0 Å². The molecule has 1 aliphatic heterocycles. The van der Waals surface area contributed by atoms with Gasteiger partial charge in [-0.1, -0.05) is 29.8 Å². The zero-order valence-electron chi connectivity index (χ0n) is 17.4. The minimum Gasteiger partial charge on any atom is -0.357 e. The second-order valence-electron chi connectivity index (χ2n) is 7.58. The lowest BCUT2D eigenvalue weighted by Gasteiger charge is -2.19. The lowest BCUT2D eigenvalue weighted by atomic mass is 9.91. The van der Waals surface area contributed by atoms with Crippen molar-refractivity contribution in [1.82, 2.24) is 4.98 Å². The molecule has 2 heterocycles. The fourth-order valence-corrected chi connectivity index (χ4v) is 4.85. The van der Waals surface area contributed by atoms with Crippen molar-refractivity contribution >= 4 is 41.6 Å². The highest BCUT2D eigenvalue weighted by Gasteiger charge is 2.23. The van der Waals surface area contributed by atoms with Crippen molar-refractivity contribution in [3.63, 3.8) is 0 Å². The van der Waals surface area contributed by atoms with Crippen molar-refractivity contribution in [2.45, 2.75) is 38.6 Å². The topological polar surface area (TPSA) is 49.3 Å². The van der Waals surface area contributed by atoms with E-state index in [0.29, 0.717) is 5.92 Å². The molecule has 0 amide bonds. The standard InChI is InChI=1S/C24H26N4S2/c1-15-7-9-19(10-8-15)27-24(29)28-20-6-4-5-18(13-20)23-22(26-17(3)30-23)21-11-12-25-14-16(21)2/h4-10,12-14,21,24,27-29H,11H2,1-3H3. The van der Waals surface area contributed by atoms with Gasteiger partial charge in [-0.05, 0) is 62.6 Å². The number of thiol groups is 1. The smallest absolute Gasteiger partial charge is 0.142 e.